The number of aryl methyl sites for hydroxylation is 1. The van der Waals surface area contributed by atoms with Gasteiger partial charge in [-0.05, 0) is 13.3 Å². The van der Waals surface area contributed by atoms with Gasteiger partial charge >= 0.3 is 5.97 Å². The maximum Gasteiger partial charge on any atom is 0.320 e. The molecule has 1 aliphatic heterocycles. The van der Waals surface area contributed by atoms with Crippen LogP contribution in [0.4, 0.5) is 0 Å². The maximum atomic E-state index is 11.7. The normalized spacial score (nSPS) is 15.0. The van der Waals surface area contributed by atoms with Crippen LogP contribution in [0.15, 0.2) is 30.3 Å². The lowest BCUT2D eigenvalue weighted by Crippen LogP contribution is -2.33. The number of rotatable bonds is 4. The van der Waals surface area contributed by atoms with Gasteiger partial charge in [-0.15, -0.1) is 0 Å². The quantitative estimate of drug-likeness (QED) is 0.811. The number of aromatic nitrogens is 2. The van der Waals surface area contributed by atoms with Gasteiger partial charge in [-0.2, -0.15) is 5.10 Å². The van der Waals surface area contributed by atoms with Crippen LogP contribution in [0.5, 0.6) is 0 Å². The van der Waals surface area contributed by atoms with E-state index in [-0.39, 0.29) is 5.97 Å². The lowest BCUT2D eigenvalue weighted by molar-refractivity contribution is -0.144. The molecule has 122 valence electrons. The van der Waals surface area contributed by atoms with Gasteiger partial charge in [0.05, 0.1) is 18.8 Å². The highest BCUT2D eigenvalue weighted by molar-refractivity contribution is 5.71. The number of hydrogen-bond acceptors (Lipinski definition) is 4. The van der Waals surface area contributed by atoms with E-state index in [0.29, 0.717) is 13.2 Å². The molecular formula is C18H23N3O2. The van der Waals surface area contributed by atoms with Crippen LogP contribution >= 0.6 is 0 Å². The fraction of sp³-hybridized carbons (Fsp3) is 0.444. The number of ether oxygens (including phenoxy) is 1. The zero-order chi connectivity index (χ0) is 16.2. The molecule has 5 nitrogen and oxygen atoms in total. The predicted molar refractivity (Wildman–Crippen MR) is 89.1 cm³/mol. The Bertz CT molecular complexity index is 679. The smallest absolute Gasteiger partial charge is 0.320 e. The molecular weight excluding hydrogens is 290 g/mol. The molecule has 2 heterocycles. The monoisotopic (exact) mass is 313 g/mol. The molecule has 0 amide bonds. The number of fused-ring (bicyclic) bond motifs is 1. The van der Waals surface area contributed by atoms with Gasteiger partial charge < -0.3 is 4.74 Å². The van der Waals surface area contributed by atoms with Gasteiger partial charge in [0, 0.05) is 43.4 Å². The highest BCUT2D eigenvalue weighted by atomic mass is 16.5. The summed E-state index contributed by atoms with van der Waals surface area (Å²) >= 11 is 0. The number of benzene rings is 1. The van der Waals surface area contributed by atoms with E-state index in [2.05, 4.69) is 17.0 Å². The minimum atomic E-state index is -0.139. The van der Waals surface area contributed by atoms with Crippen LogP contribution < -0.4 is 0 Å². The zero-order valence-corrected chi connectivity index (χ0v) is 13.8. The van der Waals surface area contributed by atoms with E-state index in [1.165, 1.54) is 11.3 Å². The van der Waals surface area contributed by atoms with Gasteiger partial charge in [0.25, 0.3) is 0 Å². The van der Waals surface area contributed by atoms with Crippen molar-refractivity contribution in [2.45, 2.75) is 19.8 Å². The average Bonchev–Trinajstić information content (AvgIpc) is 2.73. The molecule has 2 aromatic rings. The van der Waals surface area contributed by atoms with E-state index >= 15 is 0 Å². The second kappa shape index (κ2) is 6.96. The Hall–Kier alpha value is -2.14. The van der Waals surface area contributed by atoms with Crippen molar-refractivity contribution in [2.75, 3.05) is 26.2 Å². The van der Waals surface area contributed by atoms with E-state index in [1.807, 2.05) is 36.9 Å². The summed E-state index contributed by atoms with van der Waals surface area (Å²) in [6.07, 6.45) is 1.82. The fourth-order valence-corrected chi connectivity index (χ4v) is 3.20. The number of hydrogen-bond donors (Lipinski definition) is 0. The molecule has 0 bridgehead atoms. The van der Waals surface area contributed by atoms with Gasteiger partial charge in [-0.3, -0.25) is 14.4 Å². The third kappa shape index (κ3) is 3.45. The van der Waals surface area contributed by atoms with E-state index in [9.17, 15) is 4.79 Å². The lowest BCUT2D eigenvalue weighted by atomic mass is 10.0. The number of carbonyl (C=O) groups is 1. The Balaban J connectivity index is 1.79. The molecule has 0 atom stereocenters. The number of nitrogens with zero attached hydrogens (tertiary/aromatic N) is 3. The van der Waals surface area contributed by atoms with Crippen LogP contribution in [0.2, 0.25) is 0 Å². The molecule has 0 fully saturated rings. The number of esters is 1. The Kier molecular flexibility index (Phi) is 4.76. The Morgan fingerprint density at radius 1 is 1.22 bits per heavy atom. The van der Waals surface area contributed by atoms with Gasteiger partial charge in [0.2, 0.25) is 0 Å². The van der Waals surface area contributed by atoms with Gasteiger partial charge in [-0.1, -0.05) is 30.3 Å². The van der Waals surface area contributed by atoms with Crippen LogP contribution in [0, 0.1) is 0 Å². The molecule has 1 aromatic carbocycles. The van der Waals surface area contributed by atoms with Crippen molar-refractivity contribution in [3.8, 4) is 11.3 Å². The highest BCUT2D eigenvalue weighted by Crippen LogP contribution is 2.27. The molecule has 0 N–H and O–H groups in total. The summed E-state index contributed by atoms with van der Waals surface area (Å²) in [5, 5.41) is 4.73. The van der Waals surface area contributed by atoms with E-state index in [0.717, 1.165) is 37.2 Å². The number of carbonyl (C=O) groups excluding carboxylic acids is 1. The molecule has 3 rings (SSSR count). The molecule has 5 heteroatoms. The average molecular weight is 313 g/mol. The largest absolute Gasteiger partial charge is 0.465 e. The minimum Gasteiger partial charge on any atom is -0.465 e. The molecule has 1 aromatic heterocycles. The fourth-order valence-electron chi connectivity index (χ4n) is 3.20. The van der Waals surface area contributed by atoms with Gasteiger partial charge in [-0.25, -0.2) is 0 Å². The van der Waals surface area contributed by atoms with Crippen LogP contribution in [0.1, 0.15) is 18.2 Å². The highest BCUT2D eigenvalue weighted by Gasteiger charge is 2.23. The van der Waals surface area contributed by atoms with Crippen molar-refractivity contribution in [1.82, 2.24) is 14.7 Å². The zero-order valence-electron chi connectivity index (χ0n) is 13.8. The van der Waals surface area contributed by atoms with E-state index in [4.69, 9.17) is 9.84 Å². The standard InChI is InChI=1S/C18H23N3O2/c1-3-23-17(22)13-21-11-9-15-16(10-12-21)20(2)19-18(15)14-7-5-4-6-8-14/h4-8H,3,9-13H2,1-2H3. The first-order valence-electron chi connectivity index (χ1n) is 8.17. The Labute approximate surface area is 136 Å². The van der Waals surface area contributed by atoms with E-state index < -0.39 is 0 Å². The third-order valence-electron chi connectivity index (χ3n) is 4.32. The molecule has 0 spiro atoms. The maximum absolute atomic E-state index is 11.7. The van der Waals surface area contributed by atoms with Crippen LogP contribution in [0.3, 0.4) is 0 Å². The Morgan fingerprint density at radius 3 is 2.70 bits per heavy atom. The SMILES string of the molecule is CCOC(=O)CN1CCc2c(-c3ccccc3)nn(C)c2CC1. The van der Waals surface area contributed by atoms with E-state index in [1.54, 1.807) is 0 Å². The van der Waals surface area contributed by atoms with Crippen molar-refractivity contribution in [3.63, 3.8) is 0 Å². The molecule has 0 unspecified atom stereocenters. The summed E-state index contributed by atoms with van der Waals surface area (Å²) in [5.74, 6) is -0.139. The topological polar surface area (TPSA) is 47.4 Å². The lowest BCUT2D eigenvalue weighted by Gasteiger charge is -2.18. The summed E-state index contributed by atoms with van der Waals surface area (Å²) < 4.78 is 7.05. The molecule has 23 heavy (non-hydrogen) atoms. The Morgan fingerprint density at radius 2 is 1.96 bits per heavy atom. The molecule has 1 aliphatic rings. The summed E-state index contributed by atoms with van der Waals surface area (Å²) in [4.78, 5) is 13.9. The molecule has 0 aliphatic carbocycles. The summed E-state index contributed by atoms with van der Waals surface area (Å²) in [5.41, 5.74) is 4.81. The van der Waals surface area contributed by atoms with Crippen LogP contribution in [-0.2, 0) is 29.4 Å². The summed E-state index contributed by atoms with van der Waals surface area (Å²) in [6.45, 7) is 4.37. The molecule has 0 saturated heterocycles. The van der Waals surface area contributed by atoms with Crippen molar-refractivity contribution in [3.05, 3.63) is 41.6 Å². The summed E-state index contributed by atoms with van der Waals surface area (Å²) in [7, 11) is 2.01. The first kappa shape index (κ1) is 15.7. The second-order valence-corrected chi connectivity index (χ2v) is 5.84. The summed E-state index contributed by atoms with van der Waals surface area (Å²) in [6, 6.07) is 10.3. The van der Waals surface area contributed by atoms with Gasteiger partial charge in [0.1, 0.15) is 0 Å². The first-order chi connectivity index (χ1) is 11.2. The van der Waals surface area contributed by atoms with Crippen LogP contribution in [0.25, 0.3) is 11.3 Å². The van der Waals surface area contributed by atoms with Crippen molar-refractivity contribution >= 4 is 5.97 Å². The van der Waals surface area contributed by atoms with Crippen molar-refractivity contribution < 1.29 is 9.53 Å². The second-order valence-electron chi connectivity index (χ2n) is 5.84. The van der Waals surface area contributed by atoms with Crippen LogP contribution in [-0.4, -0.2) is 46.9 Å². The van der Waals surface area contributed by atoms with Crippen molar-refractivity contribution in [1.29, 1.82) is 0 Å². The molecule has 0 saturated carbocycles. The minimum absolute atomic E-state index is 0.139. The first-order valence-corrected chi connectivity index (χ1v) is 8.17. The molecule has 0 radical (unpaired) electrons. The predicted octanol–water partition coefficient (Wildman–Crippen LogP) is 2.05. The van der Waals surface area contributed by atoms with Crippen molar-refractivity contribution in [2.24, 2.45) is 7.05 Å². The third-order valence-corrected chi connectivity index (χ3v) is 4.32. The van der Waals surface area contributed by atoms with Gasteiger partial charge in [0.15, 0.2) is 0 Å².